The van der Waals surface area contributed by atoms with E-state index < -0.39 is 0 Å². The molecule has 0 aromatic heterocycles. The van der Waals surface area contributed by atoms with Crippen molar-refractivity contribution < 1.29 is 48.1 Å². The molecule has 2 aromatic rings. The van der Waals surface area contributed by atoms with E-state index in [2.05, 4.69) is 69.4 Å². The van der Waals surface area contributed by atoms with E-state index in [-0.39, 0.29) is 30.2 Å². The van der Waals surface area contributed by atoms with Crippen LogP contribution in [0.5, 0.6) is 0 Å². The van der Waals surface area contributed by atoms with Gasteiger partial charge < -0.3 is 24.8 Å². The Kier molecular flexibility index (Phi) is 14.8. The topological polar surface area (TPSA) is 0 Å². The fourth-order valence-corrected chi connectivity index (χ4v) is 1.88. The van der Waals surface area contributed by atoms with Gasteiger partial charge in [-0.15, -0.1) is 34.9 Å². The molecular formula is C18H22Cl2SiZr-2. The predicted molar refractivity (Wildman–Crippen MR) is 88.1 cm³/mol. The summed E-state index contributed by atoms with van der Waals surface area (Å²) in [5.74, 6) is 0. The summed E-state index contributed by atoms with van der Waals surface area (Å²) < 4.78 is 0. The van der Waals surface area contributed by atoms with Gasteiger partial charge in [-0.25, -0.2) is 12.2 Å². The van der Waals surface area contributed by atoms with Crippen LogP contribution in [0, 0.1) is 19.9 Å². The smallest absolute Gasteiger partial charge is 0.0488 e. The molecule has 0 nitrogen and oxygen atoms in total. The monoisotopic (exact) mass is 426 g/mol. The second-order valence-corrected chi connectivity index (χ2v) is 14.4. The molecule has 0 unspecified atom stereocenters. The number of hydrogen-bond acceptors (Lipinski definition) is 0. The van der Waals surface area contributed by atoms with Gasteiger partial charge in [0.05, 0.1) is 0 Å². The molecule has 0 fully saturated rings. The van der Waals surface area contributed by atoms with Crippen molar-refractivity contribution in [3.8, 4) is 0 Å². The average molecular weight is 429 g/mol. The number of halogens is 2. The minimum Gasteiger partial charge on any atom is -1.00 e. The molecule has 0 saturated carbocycles. The van der Waals surface area contributed by atoms with Crippen molar-refractivity contribution in [2.24, 2.45) is 0 Å². The molecule has 4 heteroatoms. The number of aryl methyl sites for hydroxylation is 2. The van der Waals surface area contributed by atoms with Gasteiger partial charge in [0.2, 0.25) is 0 Å². The molecule has 2 aromatic carbocycles. The number of allylic oxidation sites excluding steroid dienone is 4. The van der Waals surface area contributed by atoms with Crippen molar-refractivity contribution in [1.29, 1.82) is 0 Å². The van der Waals surface area contributed by atoms with Gasteiger partial charge in [0.1, 0.15) is 0 Å². The summed E-state index contributed by atoms with van der Waals surface area (Å²) in [5, 5.41) is 2.79. The van der Waals surface area contributed by atoms with Crippen molar-refractivity contribution in [1.82, 2.24) is 0 Å². The summed E-state index contributed by atoms with van der Waals surface area (Å²) in [5.41, 5.74) is 2.95. The van der Waals surface area contributed by atoms with Crippen molar-refractivity contribution in [2.75, 3.05) is 0 Å². The molecule has 0 spiro atoms. The van der Waals surface area contributed by atoms with Gasteiger partial charge in [0, 0.05) is 0 Å². The third-order valence-electron chi connectivity index (χ3n) is 2.83. The summed E-state index contributed by atoms with van der Waals surface area (Å²) in [6, 6.07) is 10.8. The van der Waals surface area contributed by atoms with Crippen molar-refractivity contribution in [3.63, 3.8) is 0 Å². The molecule has 0 heterocycles. The van der Waals surface area contributed by atoms with E-state index in [4.69, 9.17) is 0 Å². The van der Waals surface area contributed by atoms with Crippen molar-refractivity contribution in [3.05, 3.63) is 65.8 Å². The molecule has 0 radical (unpaired) electrons. The largest absolute Gasteiger partial charge is 1.00 e. The van der Waals surface area contributed by atoms with Gasteiger partial charge in [-0.2, -0.15) is 18.2 Å². The Morgan fingerprint density at radius 1 is 1.09 bits per heavy atom. The standard InChI is InChI=1S/C11H11.C5H5.C2H6Si.2ClH.Zr/c1-8-6-7-9(2)11-5-3-4-10(8)11;1-2-4-5-3-1;1-3-2;;;/h3-7H,1-2H3;1-3H,4H2;1-2H3;2*1H;/q2*-1;;;;+2/p-2. The van der Waals surface area contributed by atoms with Gasteiger partial charge in [0.15, 0.2) is 0 Å². The maximum Gasteiger partial charge on any atom is -0.0488 e. The molecule has 0 aliphatic heterocycles. The molecule has 0 bridgehead atoms. The van der Waals surface area contributed by atoms with E-state index in [9.17, 15) is 0 Å². The van der Waals surface area contributed by atoms with Gasteiger partial charge in [-0.1, -0.05) is 18.6 Å². The number of benzene rings is 1. The Morgan fingerprint density at radius 3 is 2.09 bits per heavy atom. The molecular weight excluding hydrogens is 406 g/mol. The molecule has 0 atom stereocenters. The Morgan fingerprint density at radius 2 is 1.68 bits per heavy atom. The van der Waals surface area contributed by atoms with E-state index >= 15 is 0 Å². The molecule has 0 N–H and O–H groups in total. The average Bonchev–Trinajstić information content (AvgIpc) is 3.05. The number of fused-ring (bicyclic) bond motifs is 1. The number of rotatable bonds is 0. The van der Waals surface area contributed by atoms with Crippen LogP contribution in [0.15, 0.2) is 48.6 Å². The zero-order chi connectivity index (χ0) is 15.0. The summed E-state index contributed by atoms with van der Waals surface area (Å²) in [4.78, 5) is 0. The van der Waals surface area contributed by atoms with E-state index in [1.54, 1.807) is 23.3 Å². The van der Waals surface area contributed by atoms with Crippen molar-refractivity contribution in [2.45, 2.75) is 33.4 Å². The molecule has 0 saturated heterocycles. The maximum absolute atomic E-state index is 2.99. The minimum absolute atomic E-state index is 0. The minimum atomic E-state index is 0. The van der Waals surface area contributed by atoms with Crippen molar-refractivity contribution >= 4 is 16.2 Å². The normalized spacial score (nSPS) is 10.6. The Balaban J connectivity index is 0. The predicted octanol–water partition coefficient (Wildman–Crippen LogP) is -0.726. The second kappa shape index (κ2) is 13.4. The van der Waals surface area contributed by atoms with E-state index in [1.807, 2.05) is 12.2 Å². The SMILES string of the molecule is C[Si](C)=[Zr+2].Cc1ccc(C)c2[cH-]ccc12.[C-]1=CC=CC1.[Cl-].[Cl-]. The fourth-order valence-electron chi connectivity index (χ4n) is 1.88. The molecule has 0 amide bonds. The van der Waals surface area contributed by atoms with Gasteiger partial charge in [0.25, 0.3) is 0 Å². The Hall–Kier alpha value is -0.0100. The van der Waals surface area contributed by atoms with E-state index in [1.165, 1.54) is 21.9 Å². The first-order valence-electron chi connectivity index (χ1n) is 6.87. The zero-order valence-corrected chi connectivity index (χ0v) is 18.6. The van der Waals surface area contributed by atoms with Crippen LogP contribution in [0.3, 0.4) is 0 Å². The van der Waals surface area contributed by atoms with Gasteiger partial charge >= 0.3 is 41.9 Å². The first kappa shape index (κ1) is 24.2. The number of hydrogen-bond donors (Lipinski definition) is 0. The summed E-state index contributed by atoms with van der Waals surface area (Å²) in [7, 11) is 0. The molecule has 3 rings (SSSR count). The molecule has 1 aliphatic rings. The van der Waals surface area contributed by atoms with Gasteiger partial charge in [-0.05, 0) is 6.92 Å². The van der Waals surface area contributed by atoms with Crippen LogP contribution in [0.25, 0.3) is 10.8 Å². The third-order valence-corrected chi connectivity index (χ3v) is 2.83. The van der Waals surface area contributed by atoms with Crippen LogP contribution in [-0.4, -0.2) is 5.43 Å². The first-order chi connectivity index (χ1) is 9.52. The quantitative estimate of drug-likeness (QED) is 0.384. The fraction of sp³-hybridized carbons (Fsp3) is 0.278. The zero-order valence-electron chi connectivity index (χ0n) is 13.6. The summed E-state index contributed by atoms with van der Waals surface area (Å²) >= 11 is 1.74. The Labute approximate surface area is 162 Å². The van der Waals surface area contributed by atoms with Crippen LogP contribution in [0.2, 0.25) is 13.1 Å². The van der Waals surface area contributed by atoms with E-state index in [0.717, 1.165) is 6.42 Å². The van der Waals surface area contributed by atoms with Gasteiger partial charge in [-0.3, -0.25) is 6.08 Å². The van der Waals surface area contributed by atoms with Crippen LogP contribution in [0.4, 0.5) is 0 Å². The molecule has 1 aliphatic carbocycles. The summed E-state index contributed by atoms with van der Waals surface area (Å²) in [6.45, 7) is 8.93. The summed E-state index contributed by atoms with van der Waals surface area (Å²) in [6.07, 6.45) is 10.0. The third kappa shape index (κ3) is 9.20. The second-order valence-electron chi connectivity index (χ2n) is 5.06. The van der Waals surface area contributed by atoms with Crippen LogP contribution < -0.4 is 24.8 Å². The van der Waals surface area contributed by atoms with Crippen LogP contribution in [-0.2, 0) is 23.3 Å². The van der Waals surface area contributed by atoms with E-state index in [0.29, 0.717) is 0 Å². The van der Waals surface area contributed by atoms with Crippen LogP contribution in [0.1, 0.15) is 17.5 Å². The van der Waals surface area contributed by atoms with Crippen LogP contribution >= 0.6 is 0 Å². The first-order valence-corrected chi connectivity index (χ1v) is 13.1. The molecule has 22 heavy (non-hydrogen) atoms. The molecule has 118 valence electrons. The Bertz CT molecular complexity index is 577. The maximum atomic E-state index is 2.99.